The lowest BCUT2D eigenvalue weighted by Gasteiger charge is -2.12. The Balaban J connectivity index is 3.45. The van der Waals surface area contributed by atoms with Gasteiger partial charge >= 0.3 is 0 Å². The van der Waals surface area contributed by atoms with Crippen LogP contribution in [0.2, 0.25) is 0 Å². The summed E-state index contributed by atoms with van der Waals surface area (Å²) in [6.45, 7) is 6.94. The molecule has 0 fully saturated rings. The van der Waals surface area contributed by atoms with Crippen LogP contribution in [0, 0.1) is 0 Å². The molecule has 0 spiro atoms. The molecule has 0 saturated carbocycles. The fourth-order valence-electron chi connectivity index (χ4n) is 0.358. The van der Waals surface area contributed by atoms with Gasteiger partial charge in [0.15, 0.2) is 0 Å². The van der Waals surface area contributed by atoms with Crippen molar-refractivity contribution in [3.63, 3.8) is 0 Å². The molecule has 0 aliphatic heterocycles. The first-order valence-electron chi connectivity index (χ1n) is 2.73. The smallest absolute Gasteiger partial charge is 0.0750 e. The van der Waals surface area contributed by atoms with Crippen LogP contribution in [0.5, 0.6) is 0 Å². The Bertz CT molecular complexity index is 88.5. The zero-order valence-electron chi connectivity index (χ0n) is 5.38. The van der Waals surface area contributed by atoms with E-state index in [-0.39, 0.29) is 12.3 Å². The summed E-state index contributed by atoms with van der Waals surface area (Å²) in [7, 11) is 0. The Labute approximate surface area is 55.4 Å². The van der Waals surface area contributed by atoms with Gasteiger partial charge in [-0.1, -0.05) is 12.2 Å². The van der Waals surface area contributed by atoms with E-state index in [4.69, 9.17) is 11.5 Å². The molecular weight excluding hydrogens is 114 g/mol. The van der Waals surface area contributed by atoms with Gasteiger partial charge in [0.25, 0.3) is 0 Å². The van der Waals surface area contributed by atoms with E-state index < -0.39 is 0 Å². The van der Waals surface area contributed by atoms with Crippen LogP contribution in [-0.2, 0) is 0 Å². The predicted octanol–water partition coefficient (Wildman–Crippen LogP) is -0.482. The molecule has 3 heteroatoms. The number of nitrogens with two attached hydrogens (primary N) is 2. The predicted molar refractivity (Wildman–Crippen MR) is 39.5 cm³/mol. The quantitative estimate of drug-likeness (QED) is 0.353. The molecule has 9 heavy (non-hydrogen) atoms. The topological polar surface area (TPSA) is 64.1 Å². The first-order valence-corrected chi connectivity index (χ1v) is 2.73. The van der Waals surface area contributed by atoms with Crippen molar-refractivity contribution in [1.82, 2.24) is 5.32 Å². The fraction of sp³-hybridized carbons (Fsp3) is 0.333. The van der Waals surface area contributed by atoms with Gasteiger partial charge in [0.1, 0.15) is 0 Å². The Morgan fingerprint density at radius 1 is 1.11 bits per heavy atom. The summed E-state index contributed by atoms with van der Waals surface area (Å²) in [5, 5.41) is 2.80. The molecule has 0 amide bonds. The third-order valence-corrected chi connectivity index (χ3v) is 0.893. The SMILES string of the molecule is C=CC(N)NC(N)C=C. The van der Waals surface area contributed by atoms with Crippen LogP contribution in [0.25, 0.3) is 0 Å². The minimum atomic E-state index is -0.252. The lowest BCUT2D eigenvalue weighted by atomic mass is 10.4. The highest BCUT2D eigenvalue weighted by Gasteiger charge is 1.97. The highest BCUT2D eigenvalue weighted by Crippen LogP contribution is 1.75. The normalized spacial score (nSPS) is 16.2. The van der Waals surface area contributed by atoms with Crippen LogP contribution in [0.1, 0.15) is 0 Å². The maximum atomic E-state index is 5.39. The second-order valence-corrected chi connectivity index (χ2v) is 1.69. The monoisotopic (exact) mass is 127 g/mol. The van der Waals surface area contributed by atoms with Crippen molar-refractivity contribution in [2.75, 3.05) is 0 Å². The molecule has 0 rings (SSSR count). The largest absolute Gasteiger partial charge is 0.313 e. The third kappa shape index (κ3) is 3.90. The Hall–Kier alpha value is -0.640. The summed E-state index contributed by atoms with van der Waals surface area (Å²) < 4.78 is 0. The number of hydrogen-bond donors (Lipinski definition) is 3. The summed E-state index contributed by atoms with van der Waals surface area (Å²) in [5.74, 6) is 0. The van der Waals surface area contributed by atoms with E-state index in [1.807, 2.05) is 0 Å². The lowest BCUT2D eigenvalue weighted by molar-refractivity contribution is 0.554. The Kier molecular flexibility index (Phi) is 3.96. The third-order valence-electron chi connectivity index (χ3n) is 0.893. The van der Waals surface area contributed by atoms with Crippen molar-refractivity contribution < 1.29 is 0 Å². The van der Waals surface area contributed by atoms with Gasteiger partial charge in [-0.25, -0.2) is 0 Å². The lowest BCUT2D eigenvalue weighted by Crippen LogP contribution is -2.46. The van der Waals surface area contributed by atoms with E-state index in [1.165, 1.54) is 0 Å². The van der Waals surface area contributed by atoms with E-state index in [0.717, 1.165) is 0 Å². The minimum absolute atomic E-state index is 0.252. The van der Waals surface area contributed by atoms with E-state index >= 15 is 0 Å². The van der Waals surface area contributed by atoms with Gasteiger partial charge in [-0.05, 0) is 0 Å². The molecule has 2 atom stereocenters. The van der Waals surface area contributed by atoms with Crippen molar-refractivity contribution in [2.45, 2.75) is 12.3 Å². The van der Waals surface area contributed by atoms with Gasteiger partial charge in [-0.15, -0.1) is 13.2 Å². The summed E-state index contributed by atoms with van der Waals surface area (Å²) in [6, 6.07) is 0. The van der Waals surface area contributed by atoms with Gasteiger partial charge < -0.3 is 11.5 Å². The second-order valence-electron chi connectivity index (χ2n) is 1.69. The summed E-state index contributed by atoms with van der Waals surface area (Å²) in [6.07, 6.45) is 2.64. The molecule has 2 unspecified atom stereocenters. The zero-order valence-corrected chi connectivity index (χ0v) is 5.38. The standard InChI is InChI=1S/C6H13N3/c1-3-5(7)9-6(8)4-2/h3-6,9H,1-2,7-8H2. The van der Waals surface area contributed by atoms with Crippen molar-refractivity contribution in [1.29, 1.82) is 0 Å². The Morgan fingerprint density at radius 2 is 1.44 bits per heavy atom. The molecular formula is C6H13N3. The van der Waals surface area contributed by atoms with Gasteiger partial charge in [-0.2, -0.15) is 0 Å². The second kappa shape index (κ2) is 4.26. The summed E-state index contributed by atoms with van der Waals surface area (Å²) >= 11 is 0. The van der Waals surface area contributed by atoms with Crippen molar-refractivity contribution in [2.24, 2.45) is 11.5 Å². The van der Waals surface area contributed by atoms with Crippen LogP contribution >= 0.6 is 0 Å². The molecule has 0 heterocycles. The van der Waals surface area contributed by atoms with Crippen molar-refractivity contribution in [3.05, 3.63) is 25.3 Å². The summed E-state index contributed by atoms with van der Waals surface area (Å²) in [5.41, 5.74) is 10.8. The van der Waals surface area contributed by atoms with E-state index in [1.54, 1.807) is 12.2 Å². The molecule has 5 N–H and O–H groups in total. The number of rotatable bonds is 4. The molecule has 52 valence electrons. The van der Waals surface area contributed by atoms with Gasteiger partial charge in [0.05, 0.1) is 12.3 Å². The average Bonchev–Trinajstić information content (AvgIpc) is 1.87. The first kappa shape index (κ1) is 8.36. The van der Waals surface area contributed by atoms with Crippen LogP contribution in [0.3, 0.4) is 0 Å². The number of hydrogen-bond acceptors (Lipinski definition) is 3. The van der Waals surface area contributed by atoms with Crippen LogP contribution in [0.4, 0.5) is 0 Å². The highest BCUT2D eigenvalue weighted by molar-refractivity contribution is 4.87. The maximum absolute atomic E-state index is 5.39. The highest BCUT2D eigenvalue weighted by atomic mass is 15.1. The molecule has 0 bridgehead atoms. The van der Waals surface area contributed by atoms with Crippen molar-refractivity contribution in [3.8, 4) is 0 Å². The molecule has 0 saturated heterocycles. The first-order chi connectivity index (χ1) is 4.20. The molecule has 0 aromatic heterocycles. The van der Waals surface area contributed by atoms with Crippen LogP contribution < -0.4 is 16.8 Å². The van der Waals surface area contributed by atoms with Crippen LogP contribution in [0.15, 0.2) is 25.3 Å². The van der Waals surface area contributed by atoms with Crippen molar-refractivity contribution >= 4 is 0 Å². The molecule has 0 aliphatic rings. The van der Waals surface area contributed by atoms with Gasteiger partial charge in [0.2, 0.25) is 0 Å². The van der Waals surface area contributed by atoms with Gasteiger partial charge in [0, 0.05) is 0 Å². The number of nitrogens with one attached hydrogen (secondary N) is 1. The molecule has 0 aromatic carbocycles. The summed E-state index contributed by atoms with van der Waals surface area (Å²) in [4.78, 5) is 0. The Morgan fingerprint density at radius 3 is 1.67 bits per heavy atom. The molecule has 0 aliphatic carbocycles. The van der Waals surface area contributed by atoms with E-state index in [0.29, 0.717) is 0 Å². The van der Waals surface area contributed by atoms with E-state index in [2.05, 4.69) is 18.5 Å². The molecule has 0 aromatic rings. The molecule has 3 nitrogen and oxygen atoms in total. The minimum Gasteiger partial charge on any atom is -0.313 e. The fourth-order valence-corrected chi connectivity index (χ4v) is 0.358. The maximum Gasteiger partial charge on any atom is 0.0750 e. The zero-order chi connectivity index (χ0) is 7.28. The van der Waals surface area contributed by atoms with E-state index in [9.17, 15) is 0 Å². The average molecular weight is 127 g/mol. The van der Waals surface area contributed by atoms with Crippen LogP contribution in [-0.4, -0.2) is 12.3 Å². The molecule has 0 radical (unpaired) electrons. The van der Waals surface area contributed by atoms with Gasteiger partial charge in [-0.3, -0.25) is 5.32 Å².